The van der Waals surface area contributed by atoms with E-state index in [0.29, 0.717) is 38.8 Å². The summed E-state index contributed by atoms with van der Waals surface area (Å²) in [6.45, 7) is 9.07. The van der Waals surface area contributed by atoms with Crippen molar-refractivity contribution >= 4 is 56.4 Å². The first-order chi connectivity index (χ1) is 22.0. The third-order valence-corrected chi connectivity index (χ3v) is 8.24. The number of likely N-dealkylation sites (N-methyl/N-ethyl adjacent to an activating group) is 1. The number of halogens is 2. The van der Waals surface area contributed by atoms with E-state index in [-0.39, 0.29) is 17.1 Å². The van der Waals surface area contributed by atoms with E-state index in [2.05, 4.69) is 32.0 Å². The largest absolute Gasteiger partial charge is 0.442 e. The van der Waals surface area contributed by atoms with Gasteiger partial charge < -0.3 is 14.5 Å². The average Bonchev–Trinajstić information content (AvgIpc) is 3.64. The maximum atomic E-state index is 15.0. The summed E-state index contributed by atoms with van der Waals surface area (Å²) in [4.78, 5) is 40.8. The molecule has 236 valence electrons. The molecule has 14 heteroatoms. The predicted molar refractivity (Wildman–Crippen MR) is 174 cm³/mol. The predicted octanol–water partition coefficient (Wildman–Crippen LogP) is 4.86. The monoisotopic (exact) mass is 643 g/mol. The Labute approximate surface area is 267 Å². The van der Waals surface area contributed by atoms with Gasteiger partial charge in [0.2, 0.25) is 5.95 Å². The standard InChI is InChI=1S/C32H31ClFN9O3/c1-32(2,3)46-31(45)43-26-7-5-6-25(21(26)16-36-43)42-27-15-23(33)24(34)14-20(27)22-18-41(38-28(22)29(42)44)17-19-8-9-35-30(37-19)40-12-10-39(4)11-13-40/h5-9,14-16,18H,10-13,17H2,1-4H3. The number of carbonyl (C=O) groups is 1. The minimum absolute atomic E-state index is 0.138. The normalized spacial score (nSPS) is 14.5. The molecule has 5 heterocycles. The van der Waals surface area contributed by atoms with Crippen LogP contribution in [0.4, 0.5) is 15.1 Å². The number of piperazine rings is 1. The van der Waals surface area contributed by atoms with Crippen LogP contribution in [0.1, 0.15) is 26.5 Å². The topological polar surface area (TPSA) is 116 Å². The van der Waals surface area contributed by atoms with Crippen molar-refractivity contribution in [1.29, 1.82) is 0 Å². The van der Waals surface area contributed by atoms with Crippen LogP contribution in [0.15, 0.2) is 59.8 Å². The van der Waals surface area contributed by atoms with Gasteiger partial charge >= 0.3 is 6.09 Å². The van der Waals surface area contributed by atoms with Gasteiger partial charge in [0.15, 0.2) is 5.52 Å². The van der Waals surface area contributed by atoms with E-state index in [9.17, 15) is 14.0 Å². The highest BCUT2D eigenvalue weighted by atomic mass is 35.5. The quantitative estimate of drug-likeness (QED) is 0.266. The van der Waals surface area contributed by atoms with Gasteiger partial charge in [0.25, 0.3) is 5.56 Å². The number of rotatable bonds is 4. The smallest absolute Gasteiger partial charge is 0.435 e. The minimum Gasteiger partial charge on any atom is -0.442 e. The number of hydrogen-bond acceptors (Lipinski definition) is 9. The van der Waals surface area contributed by atoms with E-state index >= 15 is 0 Å². The summed E-state index contributed by atoms with van der Waals surface area (Å²) in [7, 11) is 2.09. The van der Waals surface area contributed by atoms with Gasteiger partial charge in [-0.2, -0.15) is 14.9 Å². The molecule has 0 amide bonds. The highest BCUT2D eigenvalue weighted by Gasteiger charge is 2.24. The second-order valence-corrected chi connectivity index (χ2v) is 12.8. The number of anilines is 1. The van der Waals surface area contributed by atoms with Crippen LogP contribution in [0.5, 0.6) is 0 Å². The van der Waals surface area contributed by atoms with Crippen molar-refractivity contribution in [1.82, 2.24) is 39.0 Å². The Hall–Kier alpha value is -4.88. The molecule has 1 aliphatic heterocycles. The molecule has 2 aromatic carbocycles. The molecule has 0 bridgehead atoms. The lowest BCUT2D eigenvalue weighted by Crippen LogP contribution is -2.45. The molecule has 46 heavy (non-hydrogen) atoms. The first-order valence-electron chi connectivity index (χ1n) is 14.8. The van der Waals surface area contributed by atoms with Gasteiger partial charge in [-0.25, -0.2) is 19.2 Å². The molecule has 1 aliphatic rings. The number of carbonyl (C=O) groups excluding carboxylic acids is 1. The Morgan fingerprint density at radius 2 is 1.83 bits per heavy atom. The van der Waals surface area contributed by atoms with Crippen molar-refractivity contribution in [2.24, 2.45) is 0 Å². The van der Waals surface area contributed by atoms with Gasteiger partial charge in [0.1, 0.15) is 11.4 Å². The molecule has 0 spiro atoms. The van der Waals surface area contributed by atoms with Gasteiger partial charge in [-0.3, -0.25) is 14.0 Å². The number of fused-ring (bicyclic) bond motifs is 4. The number of pyridine rings is 1. The summed E-state index contributed by atoms with van der Waals surface area (Å²) < 4.78 is 24.7. The number of ether oxygens (including phenoxy) is 1. The van der Waals surface area contributed by atoms with E-state index < -0.39 is 23.1 Å². The zero-order valence-corrected chi connectivity index (χ0v) is 26.5. The molecule has 0 radical (unpaired) electrons. The van der Waals surface area contributed by atoms with E-state index in [0.717, 1.165) is 36.6 Å². The van der Waals surface area contributed by atoms with Crippen LogP contribution in [0, 0.1) is 5.82 Å². The summed E-state index contributed by atoms with van der Waals surface area (Å²) >= 11 is 6.27. The highest BCUT2D eigenvalue weighted by Crippen LogP contribution is 2.31. The molecular formula is C32H31ClFN9O3. The van der Waals surface area contributed by atoms with Gasteiger partial charge in [0.05, 0.1) is 40.2 Å². The Morgan fingerprint density at radius 1 is 1.04 bits per heavy atom. The van der Waals surface area contributed by atoms with Crippen LogP contribution in [-0.2, 0) is 11.3 Å². The first kappa shape index (κ1) is 29.8. The lowest BCUT2D eigenvalue weighted by Gasteiger charge is -2.32. The van der Waals surface area contributed by atoms with Crippen LogP contribution < -0.4 is 10.5 Å². The van der Waals surface area contributed by atoms with Crippen molar-refractivity contribution in [2.45, 2.75) is 32.9 Å². The number of nitrogens with zero attached hydrogens (tertiary/aromatic N) is 9. The zero-order chi connectivity index (χ0) is 32.3. The Balaban J connectivity index is 1.35. The fraction of sp³-hybridized carbons (Fsp3) is 0.312. The lowest BCUT2D eigenvalue weighted by atomic mass is 10.1. The lowest BCUT2D eigenvalue weighted by molar-refractivity contribution is 0.0522. The number of aromatic nitrogens is 7. The molecule has 0 unspecified atom stereocenters. The third kappa shape index (κ3) is 5.35. The van der Waals surface area contributed by atoms with Crippen molar-refractivity contribution in [2.75, 3.05) is 38.1 Å². The van der Waals surface area contributed by atoms with Crippen LogP contribution in [0.25, 0.3) is 38.4 Å². The van der Waals surface area contributed by atoms with Crippen LogP contribution in [0.2, 0.25) is 5.02 Å². The minimum atomic E-state index is -0.733. The van der Waals surface area contributed by atoms with Crippen molar-refractivity contribution in [3.8, 4) is 5.69 Å². The highest BCUT2D eigenvalue weighted by molar-refractivity contribution is 6.31. The number of hydrogen-bond donors (Lipinski definition) is 0. The summed E-state index contributed by atoms with van der Waals surface area (Å²) in [5, 5.41) is 10.2. The van der Waals surface area contributed by atoms with E-state index in [4.69, 9.17) is 21.3 Å². The van der Waals surface area contributed by atoms with E-state index in [1.54, 1.807) is 56.0 Å². The fourth-order valence-electron chi connectivity index (χ4n) is 5.73. The van der Waals surface area contributed by atoms with E-state index in [1.165, 1.54) is 22.9 Å². The molecule has 1 saturated heterocycles. The second-order valence-electron chi connectivity index (χ2n) is 12.4. The molecule has 1 fully saturated rings. The van der Waals surface area contributed by atoms with Gasteiger partial charge in [-0.1, -0.05) is 17.7 Å². The molecular weight excluding hydrogens is 613 g/mol. The average molecular weight is 644 g/mol. The van der Waals surface area contributed by atoms with Crippen molar-refractivity contribution < 1.29 is 13.9 Å². The zero-order valence-electron chi connectivity index (χ0n) is 25.7. The summed E-state index contributed by atoms with van der Waals surface area (Å²) in [6, 6.07) is 9.69. The van der Waals surface area contributed by atoms with Gasteiger partial charge in [-0.15, -0.1) is 0 Å². The van der Waals surface area contributed by atoms with Crippen molar-refractivity contribution in [3.63, 3.8) is 0 Å². The molecule has 0 N–H and O–H groups in total. The maximum absolute atomic E-state index is 15.0. The van der Waals surface area contributed by atoms with Crippen LogP contribution in [-0.4, -0.2) is 83.9 Å². The molecule has 0 aliphatic carbocycles. The molecule has 4 aromatic heterocycles. The van der Waals surface area contributed by atoms with Crippen LogP contribution in [0.3, 0.4) is 0 Å². The fourth-order valence-corrected chi connectivity index (χ4v) is 5.89. The maximum Gasteiger partial charge on any atom is 0.435 e. The molecule has 0 saturated carbocycles. The molecule has 0 atom stereocenters. The Bertz CT molecular complexity index is 2210. The second kappa shape index (κ2) is 11.2. The molecule has 7 rings (SSSR count). The van der Waals surface area contributed by atoms with Gasteiger partial charge in [-0.05, 0) is 58.2 Å². The summed E-state index contributed by atoms with van der Waals surface area (Å²) in [6.07, 6.45) is 4.28. The molecule has 6 aromatic rings. The number of benzene rings is 2. The van der Waals surface area contributed by atoms with E-state index in [1.807, 2.05) is 6.07 Å². The Morgan fingerprint density at radius 3 is 2.59 bits per heavy atom. The molecule has 12 nitrogen and oxygen atoms in total. The Kier molecular flexibility index (Phi) is 7.24. The first-order valence-corrected chi connectivity index (χ1v) is 15.2. The SMILES string of the molecule is CN1CCN(c2nccc(Cn3cc4c(n3)c(=O)n(-c3cccc5c3cnn5C(=O)OC(C)(C)C)c3cc(Cl)c(F)cc43)n2)CC1. The van der Waals surface area contributed by atoms with Gasteiger partial charge in [0, 0.05) is 54.7 Å². The summed E-state index contributed by atoms with van der Waals surface area (Å²) in [5.41, 5.74) is 0.916. The van der Waals surface area contributed by atoms with Crippen molar-refractivity contribution in [3.05, 3.63) is 81.9 Å². The third-order valence-electron chi connectivity index (χ3n) is 7.95. The summed E-state index contributed by atoms with van der Waals surface area (Å²) in [5.74, 6) is 0.0174. The van der Waals surface area contributed by atoms with Crippen LogP contribution >= 0.6 is 11.6 Å².